The van der Waals surface area contributed by atoms with Crippen molar-refractivity contribution >= 4 is 33.2 Å². The SMILES string of the molecule is O=C(NCCCc1nc2c(s1)CCCC2)C1(c2cccc(Br)c2)CC1. The Morgan fingerprint density at radius 2 is 2.12 bits per heavy atom. The summed E-state index contributed by atoms with van der Waals surface area (Å²) in [4.78, 5) is 19.0. The van der Waals surface area contributed by atoms with Gasteiger partial charge in [-0.25, -0.2) is 4.98 Å². The van der Waals surface area contributed by atoms with Gasteiger partial charge in [0.15, 0.2) is 0 Å². The maximum atomic E-state index is 12.7. The number of fused-ring (bicyclic) bond motifs is 1. The van der Waals surface area contributed by atoms with Gasteiger partial charge in [-0.3, -0.25) is 4.79 Å². The first-order chi connectivity index (χ1) is 12.2. The van der Waals surface area contributed by atoms with E-state index in [0.29, 0.717) is 0 Å². The van der Waals surface area contributed by atoms with E-state index < -0.39 is 0 Å². The summed E-state index contributed by atoms with van der Waals surface area (Å²) >= 11 is 5.39. The standard InChI is InChI=1S/C20H23BrN2OS/c21-15-6-3-5-14(13-15)20(10-11-20)19(24)22-12-4-9-18-23-16-7-1-2-8-17(16)25-18/h3,5-6,13H,1-2,4,7-12H2,(H,22,24). The van der Waals surface area contributed by atoms with E-state index in [0.717, 1.165) is 48.7 Å². The molecule has 25 heavy (non-hydrogen) atoms. The first kappa shape index (κ1) is 17.2. The lowest BCUT2D eigenvalue weighted by Crippen LogP contribution is -2.35. The highest BCUT2D eigenvalue weighted by Gasteiger charge is 2.51. The number of carbonyl (C=O) groups is 1. The van der Waals surface area contributed by atoms with Gasteiger partial charge in [0.05, 0.1) is 16.1 Å². The van der Waals surface area contributed by atoms with Gasteiger partial charge in [0.1, 0.15) is 0 Å². The number of aromatic nitrogens is 1. The first-order valence-corrected chi connectivity index (χ1v) is 10.8. The van der Waals surface area contributed by atoms with Gasteiger partial charge in [0, 0.05) is 22.3 Å². The zero-order valence-corrected chi connectivity index (χ0v) is 16.7. The molecule has 2 aliphatic rings. The second-order valence-corrected chi connectivity index (χ2v) is 9.22. The monoisotopic (exact) mass is 418 g/mol. The molecule has 2 aromatic rings. The van der Waals surface area contributed by atoms with Crippen LogP contribution in [0.2, 0.25) is 0 Å². The van der Waals surface area contributed by atoms with Gasteiger partial charge in [0.25, 0.3) is 0 Å². The number of aryl methyl sites for hydroxylation is 3. The van der Waals surface area contributed by atoms with Crippen LogP contribution in [0.4, 0.5) is 0 Å². The first-order valence-electron chi connectivity index (χ1n) is 9.19. The Morgan fingerprint density at radius 3 is 2.88 bits per heavy atom. The van der Waals surface area contributed by atoms with Gasteiger partial charge in [-0.2, -0.15) is 0 Å². The van der Waals surface area contributed by atoms with Gasteiger partial charge in [-0.15, -0.1) is 11.3 Å². The summed E-state index contributed by atoms with van der Waals surface area (Å²) in [6.07, 6.45) is 8.79. The Morgan fingerprint density at radius 1 is 1.28 bits per heavy atom. The summed E-state index contributed by atoms with van der Waals surface area (Å²) in [6.45, 7) is 0.735. The van der Waals surface area contributed by atoms with Gasteiger partial charge in [-0.1, -0.05) is 28.1 Å². The lowest BCUT2D eigenvalue weighted by molar-refractivity contribution is -0.123. The number of thiazole rings is 1. The molecular formula is C20H23BrN2OS. The second-order valence-electron chi connectivity index (χ2n) is 7.14. The van der Waals surface area contributed by atoms with E-state index in [1.165, 1.54) is 34.8 Å². The van der Waals surface area contributed by atoms with Crippen molar-refractivity contribution < 1.29 is 4.79 Å². The number of hydrogen-bond acceptors (Lipinski definition) is 3. The molecule has 0 spiro atoms. The molecule has 2 aliphatic carbocycles. The fourth-order valence-corrected chi connectivity index (χ4v) is 5.28. The van der Waals surface area contributed by atoms with Crippen LogP contribution in [-0.4, -0.2) is 17.4 Å². The van der Waals surface area contributed by atoms with E-state index in [-0.39, 0.29) is 11.3 Å². The molecule has 1 saturated carbocycles. The van der Waals surface area contributed by atoms with Crippen LogP contribution in [0.15, 0.2) is 28.7 Å². The average molecular weight is 419 g/mol. The number of halogens is 1. The highest BCUT2D eigenvalue weighted by Crippen LogP contribution is 2.48. The van der Waals surface area contributed by atoms with Crippen LogP contribution in [0.5, 0.6) is 0 Å². The number of hydrogen-bond donors (Lipinski definition) is 1. The Bertz CT molecular complexity index is 758. The molecule has 1 N–H and O–H groups in total. The minimum Gasteiger partial charge on any atom is -0.355 e. The van der Waals surface area contributed by atoms with Crippen molar-refractivity contribution in [3.05, 3.63) is 49.9 Å². The molecule has 1 aromatic carbocycles. The Hall–Kier alpha value is -1.20. The Kier molecular flexibility index (Phi) is 4.96. The molecule has 4 rings (SSSR count). The lowest BCUT2D eigenvalue weighted by atomic mass is 9.95. The third kappa shape index (κ3) is 3.68. The highest BCUT2D eigenvalue weighted by molar-refractivity contribution is 9.10. The van der Waals surface area contributed by atoms with Gasteiger partial charge < -0.3 is 5.32 Å². The topological polar surface area (TPSA) is 42.0 Å². The molecule has 1 amide bonds. The highest BCUT2D eigenvalue weighted by atomic mass is 79.9. The van der Waals surface area contributed by atoms with Gasteiger partial charge in [-0.05, 0) is 62.6 Å². The summed E-state index contributed by atoms with van der Waals surface area (Å²) in [7, 11) is 0. The maximum Gasteiger partial charge on any atom is 0.230 e. The summed E-state index contributed by atoms with van der Waals surface area (Å²) in [5, 5.41) is 4.40. The quantitative estimate of drug-likeness (QED) is 0.698. The van der Waals surface area contributed by atoms with Crippen molar-refractivity contribution in [2.75, 3.05) is 6.54 Å². The van der Waals surface area contributed by atoms with Crippen LogP contribution in [0.25, 0.3) is 0 Å². The van der Waals surface area contributed by atoms with E-state index in [2.05, 4.69) is 33.4 Å². The van der Waals surface area contributed by atoms with E-state index in [9.17, 15) is 4.79 Å². The minimum absolute atomic E-state index is 0.184. The summed E-state index contributed by atoms with van der Waals surface area (Å²) in [5.74, 6) is 0.184. The molecular weight excluding hydrogens is 396 g/mol. The average Bonchev–Trinajstić information content (AvgIpc) is 3.33. The zero-order chi connectivity index (χ0) is 17.3. The van der Waals surface area contributed by atoms with Crippen molar-refractivity contribution in [3.8, 4) is 0 Å². The minimum atomic E-state index is -0.288. The van der Waals surface area contributed by atoms with Crippen molar-refractivity contribution in [3.63, 3.8) is 0 Å². The molecule has 0 atom stereocenters. The van der Waals surface area contributed by atoms with E-state index in [1.54, 1.807) is 0 Å². The largest absolute Gasteiger partial charge is 0.355 e. The predicted molar refractivity (Wildman–Crippen MR) is 105 cm³/mol. The lowest BCUT2D eigenvalue weighted by Gasteiger charge is -2.16. The van der Waals surface area contributed by atoms with E-state index >= 15 is 0 Å². The third-order valence-electron chi connectivity index (χ3n) is 5.30. The molecule has 1 aromatic heterocycles. The normalized spacial score (nSPS) is 17.8. The number of rotatable bonds is 6. The maximum absolute atomic E-state index is 12.7. The number of amides is 1. The third-order valence-corrected chi connectivity index (χ3v) is 7.02. The number of nitrogens with one attached hydrogen (secondary N) is 1. The van der Waals surface area contributed by atoms with Crippen LogP contribution >= 0.6 is 27.3 Å². The number of carbonyl (C=O) groups excluding carboxylic acids is 1. The number of benzene rings is 1. The van der Waals surface area contributed by atoms with Crippen molar-refractivity contribution in [1.82, 2.24) is 10.3 Å². The molecule has 1 heterocycles. The van der Waals surface area contributed by atoms with Crippen molar-refractivity contribution in [2.45, 2.75) is 56.8 Å². The van der Waals surface area contributed by atoms with Crippen LogP contribution in [0.1, 0.15) is 53.2 Å². The second kappa shape index (κ2) is 7.20. The number of nitrogens with zero attached hydrogens (tertiary/aromatic N) is 1. The van der Waals surface area contributed by atoms with Crippen LogP contribution < -0.4 is 5.32 Å². The van der Waals surface area contributed by atoms with E-state index in [1.807, 2.05) is 23.5 Å². The molecule has 132 valence electrons. The summed E-state index contributed by atoms with van der Waals surface area (Å²) in [5.41, 5.74) is 2.18. The molecule has 3 nitrogen and oxygen atoms in total. The van der Waals surface area contributed by atoms with Gasteiger partial charge in [0.2, 0.25) is 5.91 Å². The Balaban J connectivity index is 1.29. The summed E-state index contributed by atoms with van der Waals surface area (Å²) < 4.78 is 1.04. The molecule has 0 aliphatic heterocycles. The molecule has 1 fully saturated rings. The molecule has 0 bridgehead atoms. The van der Waals surface area contributed by atoms with Crippen LogP contribution in [0.3, 0.4) is 0 Å². The smallest absolute Gasteiger partial charge is 0.230 e. The fraction of sp³-hybridized carbons (Fsp3) is 0.500. The summed E-state index contributed by atoms with van der Waals surface area (Å²) in [6, 6.07) is 8.16. The fourth-order valence-electron chi connectivity index (χ4n) is 3.68. The van der Waals surface area contributed by atoms with Crippen molar-refractivity contribution in [2.24, 2.45) is 0 Å². The van der Waals surface area contributed by atoms with Crippen LogP contribution in [0, 0.1) is 0 Å². The zero-order valence-electron chi connectivity index (χ0n) is 14.3. The van der Waals surface area contributed by atoms with E-state index in [4.69, 9.17) is 4.98 Å². The molecule has 0 radical (unpaired) electrons. The molecule has 0 saturated heterocycles. The molecule has 0 unspecified atom stereocenters. The van der Waals surface area contributed by atoms with Crippen LogP contribution in [-0.2, 0) is 29.5 Å². The predicted octanol–water partition coefficient (Wildman–Crippen LogP) is 4.57. The van der Waals surface area contributed by atoms with Crippen molar-refractivity contribution in [1.29, 1.82) is 0 Å². The van der Waals surface area contributed by atoms with Gasteiger partial charge >= 0.3 is 0 Å². The molecule has 5 heteroatoms. The Labute approximate surface area is 161 Å².